The quantitative estimate of drug-likeness (QED) is 0.368. The van der Waals surface area contributed by atoms with Crippen LogP contribution in [0.1, 0.15) is 22.8 Å². The second-order valence-electron chi connectivity index (χ2n) is 8.21. The number of rotatable bonds is 6. The second kappa shape index (κ2) is 8.01. The first-order valence-electron chi connectivity index (χ1n) is 10.9. The van der Waals surface area contributed by atoms with Crippen molar-refractivity contribution in [3.8, 4) is 11.4 Å². The van der Waals surface area contributed by atoms with Gasteiger partial charge in [0.05, 0.1) is 28.7 Å². The molecule has 5 rings (SSSR count). The lowest BCUT2D eigenvalue weighted by molar-refractivity contribution is 0.0697. The first-order valence-corrected chi connectivity index (χ1v) is 10.9. The van der Waals surface area contributed by atoms with E-state index < -0.39 is 5.97 Å². The third-order valence-electron chi connectivity index (χ3n) is 6.14. The van der Waals surface area contributed by atoms with Crippen LogP contribution in [0.25, 0.3) is 44.2 Å². The number of imidazole rings is 1. The molecule has 2 aromatic heterocycles. The summed E-state index contributed by atoms with van der Waals surface area (Å²) in [6.45, 7) is 5.61. The van der Waals surface area contributed by atoms with Crippen LogP contribution in [0.4, 0.5) is 4.39 Å². The predicted octanol–water partition coefficient (Wildman–Crippen LogP) is 5.62. The second-order valence-corrected chi connectivity index (χ2v) is 8.21. The van der Waals surface area contributed by atoms with E-state index in [4.69, 9.17) is 9.72 Å². The first-order chi connectivity index (χ1) is 15.9. The summed E-state index contributed by atoms with van der Waals surface area (Å²) in [5, 5.41) is 11.2. The van der Waals surface area contributed by atoms with Crippen molar-refractivity contribution in [2.45, 2.75) is 26.9 Å². The van der Waals surface area contributed by atoms with E-state index in [1.165, 1.54) is 0 Å². The SMILES string of the molecule is CCn1c2ccc(-c3nc4cc(C(=O)O)ccc4n3CCOC)cc2c2cc(C)cc(F)c21. The van der Waals surface area contributed by atoms with Crippen molar-refractivity contribution in [3.05, 3.63) is 65.5 Å². The zero-order valence-corrected chi connectivity index (χ0v) is 18.7. The van der Waals surface area contributed by atoms with E-state index in [0.717, 1.165) is 38.8 Å². The Morgan fingerprint density at radius 3 is 2.58 bits per heavy atom. The lowest BCUT2D eigenvalue weighted by atomic mass is 10.1. The molecule has 0 bridgehead atoms. The number of hydrogen-bond donors (Lipinski definition) is 1. The van der Waals surface area contributed by atoms with E-state index in [2.05, 4.69) is 0 Å². The molecule has 0 fully saturated rings. The van der Waals surface area contributed by atoms with E-state index in [-0.39, 0.29) is 11.4 Å². The largest absolute Gasteiger partial charge is 0.478 e. The zero-order valence-electron chi connectivity index (χ0n) is 18.7. The van der Waals surface area contributed by atoms with Crippen LogP contribution in [0, 0.1) is 12.7 Å². The van der Waals surface area contributed by atoms with Gasteiger partial charge in [0.15, 0.2) is 0 Å². The molecule has 0 unspecified atom stereocenters. The number of aromatic nitrogens is 3. The molecule has 0 amide bonds. The van der Waals surface area contributed by atoms with Crippen LogP contribution in [-0.4, -0.2) is 38.9 Å². The van der Waals surface area contributed by atoms with Crippen molar-refractivity contribution in [3.63, 3.8) is 0 Å². The van der Waals surface area contributed by atoms with Crippen LogP contribution in [0.5, 0.6) is 0 Å². The number of fused-ring (bicyclic) bond motifs is 4. The molecule has 0 spiro atoms. The van der Waals surface area contributed by atoms with Gasteiger partial charge in [0.25, 0.3) is 0 Å². The number of hydrogen-bond acceptors (Lipinski definition) is 3. The van der Waals surface area contributed by atoms with Gasteiger partial charge in [0, 0.05) is 42.1 Å². The maximum Gasteiger partial charge on any atom is 0.335 e. The highest BCUT2D eigenvalue weighted by molar-refractivity contribution is 6.09. The van der Waals surface area contributed by atoms with Gasteiger partial charge in [-0.25, -0.2) is 14.2 Å². The van der Waals surface area contributed by atoms with Gasteiger partial charge in [0.1, 0.15) is 11.6 Å². The molecule has 0 aliphatic heterocycles. The van der Waals surface area contributed by atoms with Gasteiger partial charge >= 0.3 is 5.97 Å². The maximum atomic E-state index is 14.9. The van der Waals surface area contributed by atoms with Crippen molar-refractivity contribution in [1.29, 1.82) is 0 Å². The lowest BCUT2D eigenvalue weighted by Crippen LogP contribution is -2.06. The molecule has 0 aliphatic rings. The number of aromatic carboxylic acids is 1. The fourth-order valence-electron chi connectivity index (χ4n) is 4.68. The van der Waals surface area contributed by atoms with Crippen molar-refractivity contribution in [1.82, 2.24) is 14.1 Å². The third kappa shape index (κ3) is 3.36. The summed E-state index contributed by atoms with van der Waals surface area (Å²) in [5.74, 6) is -0.494. The third-order valence-corrected chi connectivity index (χ3v) is 6.14. The Balaban J connectivity index is 1.78. The van der Waals surface area contributed by atoms with Crippen molar-refractivity contribution in [2.75, 3.05) is 13.7 Å². The number of benzene rings is 3. The summed E-state index contributed by atoms with van der Waals surface area (Å²) in [6, 6.07) is 14.6. The first kappa shape index (κ1) is 21.2. The molecule has 3 aromatic carbocycles. The van der Waals surface area contributed by atoms with E-state index in [0.29, 0.717) is 30.7 Å². The van der Waals surface area contributed by atoms with Crippen LogP contribution in [-0.2, 0) is 17.8 Å². The molecular weight excluding hydrogens is 421 g/mol. The van der Waals surface area contributed by atoms with Crippen molar-refractivity contribution in [2.24, 2.45) is 0 Å². The van der Waals surface area contributed by atoms with E-state index in [1.807, 2.05) is 47.2 Å². The number of aryl methyl sites for hydroxylation is 2. The number of carboxylic acid groups (broad SMARTS) is 1. The van der Waals surface area contributed by atoms with Crippen LogP contribution < -0.4 is 0 Å². The van der Waals surface area contributed by atoms with E-state index >= 15 is 0 Å². The topological polar surface area (TPSA) is 69.3 Å². The molecule has 7 heteroatoms. The minimum atomic E-state index is -0.990. The van der Waals surface area contributed by atoms with Gasteiger partial charge in [0.2, 0.25) is 0 Å². The average Bonchev–Trinajstić information content (AvgIpc) is 3.32. The predicted molar refractivity (Wildman–Crippen MR) is 127 cm³/mol. The monoisotopic (exact) mass is 445 g/mol. The van der Waals surface area contributed by atoms with Crippen LogP contribution in [0.3, 0.4) is 0 Å². The number of carbonyl (C=O) groups is 1. The number of ether oxygens (including phenoxy) is 1. The van der Waals surface area contributed by atoms with Crippen LogP contribution in [0.2, 0.25) is 0 Å². The van der Waals surface area contributed by atoms with Gasteiger partial charge in [-0.1, -0.05) is 0 Å². The fourth-order valence-corrected chi connectivity index (χ4v) is 4.68. The molecule has 0 saturated carbocycles. The van der Waals surface area contributed by atoms with Crippen LogP contribution >= 0.6 is 0 Å². The Hall–Kier alpha value is -3.71. The Bertz CT molecular complexity index is 1550. The summed E-state index contributed by atoms with van der Waals surface area (Å²) in [7, 11) is 1.64. The molecule has 6 nitrogen and oxygen atoms in total. The summed E-state index contributed by atoms with van der Waals surface area (Å²) in [5.41, 5.74) is 4.96. The Labute approximate surface area is 189 Å². The van der Waals surface area contributed by atoms with Gasteiger partial charge in [-0.2, -0.15) is 0 Å². The highest BCUT2D eigenvalue weighted by atomic mass is 19.1. The smallest absolute Gasteiger partial charge is 0.335 e. The molecule has 5 aromatic rings. The summed E-state index contributed by atoms with van der Waals surface area (Å²) >= 11 is 0. The van der Waals surface area contributed by atoms with Crippen molar-refractivity contribution < 1.29 is 19.0 Å². The lowest BCUT2D eigenvalue weighted by Gasteiger charge is -2.09. The normalized spacial score (nSPS) is 11.8. The van der Waals surface area contributed by atoms with Gasteiger partial charge in [-0.15, -0.1) is 0 Å². The molecule has 0 aliphatic carbocycles. The number of carboxylic acids is 1. The minimum absolute atomic E-state index is 0.192. The number of nitrogens with zero attached hydrogens (tertiary/aromatic N) is 3. The van der Waals surface area contributed by atoms with Crippen LogP contribution in [0.15, 0.2) is 48.5 Å². The fraction of sp³-hybridized carbons (Fsp3) is 0.231. The highest BCUT2D eigenvalue weighted by Crippen LogP contribution is 2.35. The summed E-state index contributed by atoms with van der Waals surface area (Å²) in [4.78, 5) is 16.2. The molecule has 0 radical (unpaired) electrons. The zero-order chi connectivity index (χ0) is 23.3. The van der Waals surface area contributed by atoms with Crippen molar-refractivity contribution >= 4 is 38.8 Å². The molecule has 2 heterocycles. The molecule has 1 N–H and O–H groups in total. The summed E-state index contributed by atoms with van der Waals surface area (Å²) < 4.78 is 24.2. The van der Waals surface area contributed by atoms with Gasteiger partial charge in [-0.3, -0.25) is 0 Å². The van der Waals surface area contributed by atoms with E-state index in [9.17, 15) is 14.3 Å². The van der Waals surface area contributed by atoms with E-state index in [1.54, 1.807) is 31.4 Å². The Morgan fingerprint density at radius 1 is 1.06 bits per heavy atom. The molecule has 33 heavy (non-hydrogen) atoms. The average molecular weight is 445 g/mol. The van der Waals surface area contributed by atoms with Gasteiger partial charge in [-0.05, 0) is 67.9 Å². The molecule has 0 saturated heterocycles. The number of methoxy groups -OCH3 is 1. The summed E-state index contributed by atoms with van der Waals surface area (Å²) in [6.07, 6.45) is 0. The molecular formula is C26H24FN3O3. The van der Waals surface area contributed by atoms with Gasteiger partial charge < -0.3 is 19.0 Å². The maximum absolute atomic E-state index is 14.9. The Morgan fingerprint density at radius 2 is 1.85 bits per heavy atom. The highest BCUT2D eigenvalue weighted by Gasteiger charge is 2.18. The standard InChI is InChI=1S/C26H24FN3O3/c1-4-29-22-7-5-16(13-18(22)19-11-15(2)12-20(27)24(19)29)25-28-21-14-17(26(31)32)6-8-23(21)30(25)9-10-33-3/h5-8,11-14H,4,9-10H2,1-3H3,(H,31,32). The number of halogens is 1. The molecule has 168 valence electrons. The molecule has 0 atom stereocenters. The minimum Gasteiger partial charge on any atom is -0.478 e. The Kier molecular flexibility index (Phi) is 5.13.